The highest BCUT2D eigenvalue weighted by Gasteiger charge is 2.33. The fourth-order valence-electron chi connectivity index (χ4n) is 2.64. The third-order valence-corrected chi connectivity index (χ3v) is 4.45. The molecule has 0 aromatic carbocycles. The molecule has 96 valence electrons. The summed E-state index contributed by atoms with van der Waals surface area (Å²) in [6.45, 7) is 8.21. The lowest BCUT2D eigenvalue weighted by Crippen LogP contribution is -2.52. The molecule has 0 heterocycles. The van der Waals surface area contributed by atoms with Gasteiger partial charge in [-0.25, -0.2) is 0 Å². The minimum Gasteiger partial charge on any atom is -0.394 e. The summed E-state index contributed by atoms with van der Waals surface area (Å²) in [4.78, 5) is 0. The summed E-state index contributed by atoms with van der Waals surface area (Å²) in [7, 11) is 0. The molecule has 0 bridgehead atoms. The highest BCUT2D eigenvalue weighted by atomic mass is 16.3. The van der Waals surface area contributed by atoms with E-state index in [-0.39, 0.29) is 5.54 Å². The summed E-state index contributed by atoms with van der Waals surface area (Å²) in [5.74, 6) is 1.61. The fourth-order valence-corrected chi connectivity index (χ4v) is 2.64. The molecule has 2 N–H and O–H groups in total. The highest BCUT2D eigenvalue weighted by Crippen LogP contribution is 2.31. The van der Waals surface area contributed by atoms with Crippen LogP contribution in [0.25, 0.3) is 0 Å². The van der Waals surface area contributed by atoms with E-state index in [2.05, 4.69) is 26.1 Å². The first-order valence-electron chi connectivity index (χ1n) is 7.01. The van der Waals surface area contributed by atoms with Crippen molar-refractivity contribution in [2.24, 2.45) is 11.8 Å². The van der Waals surface area contributed by atoms with Gasteiger partial charge in [-0.2, -0.15) is 0 Å². The summed E-state index contributed by atoms with van der Waals surface area (Å²) >= 11 is 0. The van der Waals surface area contributed by atoms with E-state index >= 15 is 0 Å². The van der Waals surface area contributed by atoms with Gasteiger partial charge in [0.1, 0.15) is 0 Å². The Kier molecular flexibility index (Phi) is 5.77. The Bertz CT molecular complexity index is 181. The molecule has 1 saturated carbocycles. The van der Waals surface area contributed by atoms with E-state index in [9.17, 15) is 5.11 Å². The number of hydrogen-bond donors (Lipinski definition) is 2. The van der Waals surface area contributed by atoms with E-state index in [1.165, 1.54) is 25.7 Å². The Hall–Kier alpha value is -0.0800. The quantitative estimate of drug-likeness (QED) is 0.731. The van der Waals surface area contributed by atoms with Gasteiger partial charge in [-0.05, 0) is 44.1 Å². The van der Waals surface area contributed by atoms with Crippen molar-refractivity contribution >= 4 is 0 Å². The van der Waals surface area contributed by atoms with Gasteiger partial charge in [-0.3, -0.25) is 0 Å². The van der Waals surface area contributed by atoms with Crippen molar-refractivity contribution in [3.8, 4) is 0 Å². The first-order valence-corrected chi connectivity index (χ1v) is 7.01. The van der Waals surface area contributed by atoms with Gasteiger partial charge < -0.3 is 10.4 Å². The van der Waals surface area contributed by atoms with Crippen LogP contribution in [0.1, 0.15) is 59.3 Å². The summed E-state index contributed by atoms with van der Waals surface area (Å²) in [6.07, 6.45) is 7.28. The predicted octanol–water partition coefficient (Wildman–Crippen LogP) is 2.95. The van der Waals surface area contributed by atoms with Gasteiger partial charge in [0.15, 0.2) is 0 Å². The molecular weight excluding hydrogens is 198 g/mol. The predicted molar refractivity (Wildman–Crippen MR) is 69.5 cm³/mol. The van der Waals surface area contributed by atoms with Crippen LogP contribution in [-0.4, -0.2) is 23.8 Å². The van der Waals surface area contributed by atoms with Crippen LogP contribution in [0.15, 0.2) is 0 Å². The van der Waals surface area contributed by atoms with Crippen LogP contribution in [0.3, 0.4) is 0 Å². The lowest BCUT2D eigenvalue weighted by Gasteiger charge is -2.40. The smallest absolute Gasteiger partial charge is 0.0613 e. The van der Waals surface area contributed by atoms with E-state index < -0.39 is 0 Å². The van der Waals surface area contributed by atoms with Gasteiger partial charge in [-0.15, -0.1) is 0 Å². The maximum absolute atomic E-state index is 9.62. The number of hydrogen-bond acceptors (Lipinski definition) is 2. The van der Waals surface area contributed by atoms with Gasteiger partial charge in [0.05, 0.1) is 6.61 Å². The lowest BCUT2D eigenvalue weighted by atomic mass is 9.77. The van der Waals surface area contributed by atoms with Crippen molar-refractivity contribution in [3.05, 3.63) is 0 Å². The van der Waals surface area contributed by atoms with E-state index in [0.29, 0.717) is 6.61 Å². The van der Waals surface area contributed by atoms with Crippen LogP contribution >= 0.6 is 0 Å². The number of aliphatic hydroxyl groups excluding tert-OH is 1. The van der Waals surface area contributed by atoms with Crippen molar-refractivity contribution in [2.75, 3.05) is 13.2 Å². The Morgan fingerprint density at radius 3 is 2.25 bits per heavy atom. The molecule has 0 unspecified atom stereocenters. The van der Waals surface area contributed by atoms with Crippen LogP contribution in [0, 0.1) is 11.8 Å². The van der Waals surface area contributed by atoms with Gasteiger partial charge in [0, 0.05) is 5.54 Å². The topological polar surface area (TPSA) is 32.3 Å². The monoisotopic (exact) mass is 227 g/mol. The zero-order valence-electron chi connectivity index (χ0n) is 11.3. The summed E-state index contributed by atoms with van der Waals surface area (Å²) in [6, 6.07) is 0. The van der Waals surface area contributed by atoms with Crippen LogP contribution in [-0.2, 0) is 0 Å². The van der Waals surface area contributed by atoms with Crippen molar-refractivity contribution in [1.82, 2.24) is 5.32 Å². The summed E-state index contributed by atoms with van der Waals surface area (Å²) < 4.78 is 0. The van der Waals surface area contributed by atoms with Crippen molar-refractivity contribution < 1.29 is 5.11 Å². The Morgan fingerprint density at radius 1 is 1.25 bits per heavy atom. The first kappa shape index (κ1) is 14.0. The molecule has 0 aromatic heterocycles. The largest absolute Gasteiger partial charge is 0.394 e. The van der Waals surface area contributed by atoms with Gasteiger partial charge in [0.25, 0.3) is 0 Å². The highest BCUT2D eigenvalue weighted by molar-refractivity contribution is 4.92. The summed E-state index contributed by atoms with van der Waals surface area (Å²) in [5.41, 5.74) is 0.0368. The third-order valence-electron chi connectivity index (χ3n) is 4.45. The molecule has 2 heteroatoms. The van der Waals surface area contributed by atoms with Gasteiger partial charge >= 0.3 is 0 Å². The molecule has 0 atom stereocenters. The molecule has 1 aliphatic rings. The van der Waals surface area contributed by atoms with E-state index in [4.69, 9.17) is 0 Å². The van der Waals surface area contributed by atoms with Crippen molar-refractivity contribution in [2.45, 2.75) is 64.8 Å². The first-order chi connectivity index (χ1) is 7.65. The minimum atomic E-state index is 0.0368. The zero-order valence-corrected chi connectivity index (χ0v) is 11.3. The van der Waals surface area contributed by atoms with Crippen LogP contribution in [0.4, 0.5) is 0 Å². The van der Waals surface area contributed by atoms with Gasteiger partial charge in [-0.1, -0.05) is 33.6 Å². The average Bonchev–Trinajstić information content (AvgIpc) is 2.33. The molecule has 1 aliphatic carbocycles. The molecule has 1 rings (SSSR count). The molecule has 0 radical (unpaired) electrons. The number of rotatable bonds is 6. The zero-order chi connectivity index (χ0) is 12.0. The molecule has 0 aliphatic heterocycles. The molecular formula is C14H29NO. The standard InChI is InChI=1S/C14H29NO/c1-4-13(5-2)10-15-14(11-16)8-6-12(3)7-9-14/h12-13,15-16H,4-11H2,1-3H3. The average molecular weight is 227 g/mol. The van der Waals surface area contributed by atoms with Crippen LogP contribution in [0.2, 0.25) is 0 Å². The second kappa shape index (κ2) is 6.61. The molecule has 0 amide bonds. The van der Waals surface area contributed by atoms with E-state index in [0.717, 1.165) is 31.2 Å². The molecule has 2 nitrogen and oxygen atoms in total. The number of nitrogens with one attached hydrogen (secondary N) is 1. The van der Waals surface area contributed by atoms with Crippen molar-refractivity contribution in [1.29, 1.82) is 0 Å². The lowest BCUT2D eigenvalue weighted by molar-refractivity contribution is 0.101. The second-order valence-electron chi connectivity index (χ2n) is 5.68. The second-order valence-corrected chi connectivity index (χ2v) is 5.68. The van der Waals surface area contributed by atoms with Crippen LogP contribution < -0.4 is 5.32 Å². The molecule has 0 spiro atoms. The minimum absolute atomic E-state index is 0.0368. The van der Waals surface area contributed by atoms with E-state index in [1.807, 2.05) is 0 Å². The Labute approximate surface area is 101 Å². The Morgan fingerprint density at radius 2 is 1.81 bits per heavy atom. The maximum Gasteiger partial charge on any atom is 0.0613 e. The summed E-state index contributed by atoms with van der Waals surface area (Å²) in [5, 5.41) is 13.3. The SMILES string of the molecule is CCC(CC)CNC1(CO)CCC(C)CC1. The molecule has 0 aromatic rings. The fraction of sp³-hybridized carbons (Fsp3) is 1.00. The Balaban J connectivity index is 2.41. The van der Waals surface area contributed by atoms with Crippen molar-refractivity contribution in [3.63, 3.8) is 0 Å². The maximum atomic E-state index is 9.62. The third kappa shape index (κ3) is 3.74. The number of aliphatic hydroxyl groups is 1. The normalized spacial score (nSPS) is 30.9. The van der Waals surface area contributed by atoms with Crippen LogP contribution in [0.5, 0.6) is 0 Å². The van der Waals surface area contributed by atoms with Gasteiger partial charge in [0.2, 0.25) is 0 Å². The molecule has 0 saturated heterocycles. The molecule has 16 heavy (non-hydrogen) atoms. The van der Waals surface area contributed by atoms with E-state index in [1.54, 1.807) is 0 Å². The molecule has 1 fully saturated rings.